The normalized spacial score (nSPS) is 22.7. The summed E-state index contributed by atoms with van der Waals surface area (Å²) < 4.78 is 0. The van der Waals surface area contributed by atoms with E-state index >= 15 is 0 Å². The highest BCUT2D eigenvalue weighted by atomic mass is 32.1. The number of hydrazone groups is 1. The van der Waals surface area contributed by atoms with Gasteiger partial charge in [0, 0.05) is 42.5 Å². The number of benzene rings is 1. The van der Waals surface area contributed by atoms with Gasteiger partial charge in [-0.3, -0.25) is 15.5 Å². The van der Waals surface area contributed by atoms with Gasteiger partial charge in [0.15, 0.2) is 5.11 Å². The third-order valence-electron chi connectivity index (χ3n) is 5.92. The van der Waals surface area contributed by atoms with Crippen molar-refractivity contribution in [3.05, 3.63) is 27.8 Å². The van der Waals surface area contributed by atoms with E-state index in [2.05, 4.69) is 34.2 Å². The molecule has 0 unspecified atom stereocenters. The monoisotopic (exact) mass is 418 g/mol. The van der Waals surface area contributed by atoms with E-state index in [9.17, 15) is 10.1 Å². The van der Waals surface area contributed by atoms with Crippen LogP contribution in [0.25, 0.3) is 0 Å². The summed E-state index contributed by atoms with van der Waals surface area (Å²) in [6.45, 7) is 6.12. The number of nitrogens with one attached hydrogen (secondary N) is 1. The van der Waals surface area contributed by atoms with Crippen LogP contribution in [0.1, 0.15) is 57.9 Å². The molecule has 2 fully saturated rings. The highest BCUT2D eigenvalue weighted by molar-refractivity contribution is 7.80. The van der Waals surface area contributed by atoms with Crippen LogP contribution in [0.5, 0.6) is 0 Å². The van der Waals surface area contributed by atoms with Gasteiger partial charge in [-0.25, -0.2) is 0 Å². The SMILES string of the molecule is C[C@@H]1CCCCN1c1cc(N2CCCC[C@@H]2C)c(/C=N\NC(N)=S)cc1[N+](=O)[O-]. The standard InChI is InChI=1S/C20H30N6O2S/c1-14-7-3-5-9-24(14)17-12-18(25-10-6-4-8-15(25)2)19(26(27)28)11-16(17)13-22-23-20(21)29/h11-15H,3-10H2,1-2H3,(H3,21,23,29)/b22-13-/t14-,15+/m0/s1. The van der Waals surface area contributed by atoms with Gasteiger partial charge in [0.1, 0.15) is 5.69 Å². The summed E-state index contributed by atoms with van der Waals surface area (Å²) in [6, 6.07) is 4.28. The van der Waals surface area contributed by atoms with Gasteiger partial charge in [-0.15, -0.1) is 0 Å². The van der Waals surface area contributed by atoms with Gasteiger partial charge in [0.25, 0.3) is 5.69 Å². The Morgan fingerprint density at radius 3 is 2.28 bits per heavy atom. The van der Waals surface area contributed by atoms with Crippen LogP contribution in [0.2, 0.25) is 0 Å². The Morgan fingerprint density at radius 2 is 1.76 bits per heavy atom. The van der Waals surface area contributed by atoms with Gasteiger partial charge < -0.3 is 15.5 Å². The van der Waals surface area contributed by atoms with Crippen LogP contribution in [0.15, 0.2) is 17.2 Å². The van der Waals surface area contributed by atoms with E-state index in [0.29, 0.717) is 17.3 Å². The predicted octanol–water partition coefficient (Wildman–Crippen LogP) is 3.52. The lowest BCUT2D eigenvalue weighted by Crippen LogP contribution is -2.40. The molecule has 8 nitrogen and oxygen atoms in total. The van der Waals surface area contributed by atoms with Gasteiger partial charge >= 0.3 is 0 Å². The molecule has 2 atom stereocenters. The summed E-state index contributed by atoms with van der Waals surface area (Å²) in [4.78, 5) is 16.2. The Kier molecular flexibility index (Phi) is 6.89. The molecule has 2 saturated heterocycles. The highest BCUT2D eigenvalue weighted by Crippen LogP contribution is 2.39. The molecule has 0 aromatic heterocycles. The zero-order valence-corrected chi connectivity index (χ0v) is 18.0. The average molecular weight is 419 g/mol. The molecule has 1 aromatic rings. The molecule has 29 heavy (non-hydrogen) atoms. The van der Waals surface area contributed by atoms with Gasteiger partial charge in [0.05, 0.1) is 11.1 Å². The minimum atomic E-state index is -0.293. The number of hydrogen-bond acceptors (Lipinski definition) is 6. The van der Waals surface area contributed by atoms with Crippen molar-refractivity contribution in [1.29, 1.82) is 0 Å². The highest BCUT2D eigenvalue weighted by Gasteiger charge is 2.30. The van der Waals surface area contributed by atoms with E-state index in [4.69, 9.17) is 18.0 Å². The lowest BCUT2D eigenvalue weighted by Gasteiger charge is -2.39. The molecule has 3 N–H and O–H groups in total. The van der Waals surface area contributed by atoms with E-state index < -0.39 is 0 Å². The summed E-state index contributed by atoms with van der Waals surface area (Å²) >= 11 is 4.80. The third kappa shape index (κ3) is 4.95. The molecule has 158 valence electrons. The van der Waals surface area contributed by atoms with Crippen molar-refractivity contribution >= 4 is 40.6 Å². The molecule has 0 spiro atoms. The maximum Gasteiger partial charge on any atom is 0.293 e. The van der Waals surface area contributed by atoms with Crippen molar-refractivity contribution < 1.29 is 4.92 Å². The first-order chi connectivity index (χ1) is 13.9. The van der Waals surface area contributed by atoms with Crippen molar-refractivity contribution in [3.63, 3.8) is 0 Å². The molecule has 2 heterocycles. The second kappa shape index (κ2) is 9.39. The van der Waals surface area contributed by atoms with E-state index in [-0.39, 0.29) is 21.8 Å². The Morgan fingerprint density at radius 1 is 1.17 bits per heavy atom. The van der Waals surface area contributed by atoms with Gasteiger partial charge in [0.2, 0.25) is 0 Å². The van der Waals surface area contributed by atoms with E-state index in [1.165, 1.54) is 6.42 Å². The minimum Gasteiger partial charge on any atom is -0.375 e. The Balaban J connectivity index is 2.10. The lowest BCUT2D eigenvalue weighted by atomic mass is 9.98. The molecular formula is C20H30N6O2S. The number of nitrogens with two attached hydrogens (primary N) is 1. The maximum atomic E-state index is 11.9. The lowest BCUT2D eigenvalue weighted by molar-refractivity contribution is -0.384. The van der Waals surface area contributed by atoms with Crippen LogP contribution in [-0.4, -0.2) is 41.4 Å². The van der Waals surface area contributed by atoms with E-state index in [0.717, 1.165) is 50.9 Å². The molecule has 0 amide bonds. The molecule has 9 heteroatoms. The number of thiocarbonyl (C=S) groups is 1. The topological polar surface area (TPSA) is 100 Å². The number of hydrogen-bond donors (Lipinski definition) is 2. The summed E-state index contributed by atoms with van der Waals surface area (Å²) in [5, 5.41) is 16.1. The number of piperidine rings is 2. The van der Waals surface area contributed by atoms with E-state index in [1.807, 2.05) is 6.07 Å². The molecule has 0 bridgehead atoms. The first-order valence-electron chi connectivity index (χ1n) is 10.3. The van der Waals surface area contributed by atoms with Gasteiger partial charge in [-0.2, -0.15) is 5.10 Å². The van der Waals surface area contributed by atoms with Crippen LogP contribution in [0.4, 0.5) is 17.1 Å². The summed E-state index contributed by atoms with van der Waals surface area (Å²) in [7, 11) is 0. The first-order valence-corrected chi connectivity index (χ1v) is 10.7. The van der Waals surface area contributed by atoms with E-state index in [1.54, 1.807) is 12.3 Å². The smallest absolute Gasteiger partial charge is 0.293 e. The summed E-state index contributed by atoms with van der Waals surface area (Å²) in [5.41, 5.74) is 10.5. The number of anilines is 2. The number of nitro groups is 1. The maximum absolute atomic E-state index is 11.9. The zero-order chi connectivity index (χ0) is 21.0. The Hall–Kier alpha value is -2.42. The molecule has 3 rings (SSSR count). The van der Waals surface area contributed by atoms with Crippen molar-refractivity contribution in [3.8, 4) is 0 Å². The quantitative estimate of drug-likeness (QED) is 0.327. The molecule has 1 aromatic carbocycles. The largest absolute Gasteiger partial charge is 0.375 e. The molecular weight excluding hydrogens is 388 g/mol. The molecule has 0 saturated carbocycles. The van der Waals surface area contributed by atoms with Crippen LogP contribution < -0.4 is 21.0 Å². The van der Waals surface area contributed by atoms with Crippen LogP contribution >= 0.6 is 12.2 Å². The van der Waals surface area contributed by atoms with Crippen molar-refractivity contribution in [2.45, 2.75) is 64.5 Å². The Labute approximate surface area is 177 Å². The minimum absolute atomic E-state index is 0.0578. The first kappa shape index (κ1) is 21.3. The van der Waals surface area contributed by atoms with Crippen LogP contribution in [0, 0.1) is 10.1 Å². The second-order valence-electron chi connectivity index (χ2n) is 7.97. The average Bonchev–Trinajstić information content (AvgIpc) is 2.68. The number of rotatable bonds is 5. The fourth-order valence-electron chi connectivity index (χ4n) is 4.39. The van der Waals surface area contributed by atoms with Gasteiger partial charge in [-0.1, -0.05) is 0 Å². The summed E-state index contributed by atoms with van der Waals surface area (Å²) in [5.74, 6) is 0. The van der Waals surface area contributed by atoms with Gasteiger partial charge in [-0.05, 0) is 70.7 Å². The second-order valence-corrected chi connectivity index (χ2v) is 8.41. The zero-order valence-electron chi connectivity index (χ0n) is 17.1. The fraction of sp³-hybridized carbons (Fsp3) is 0.600. The fourth-order valence-corrected chi connectivity index (χ4v) is 4.44. The van der Waals surface area contributed by atoms with Crippen LogP contribution in [-0.2, 0) is 0 Å². The van der Waals surface area contributed by atoms with Crippen LogP contribution in [0.3, 0.4) is 0 Å². The number of nitrogens with zero attached hydrogens (tertiary/aromatic N) is 4. The molecule has 2 aliphatic heterocycles. The third-order valence-corrected chi connectivity index (χ3v) is 6.02. The molecule has 0 aliphatic carbocycles. The Bertz CT molecular complexity index is 799. The van der Waals surface area contributed by atoms with Crippen molar-refractivity contribution in [1.82, 2.24) is 5.43 Å². The van der Waals surface area contributed by atoms with Crippen molar-refractivity contribution in [2.75, 3.05) is 22.9 Å². The predicted molar refractivity (Wildman–Crippen MR) is 122 cm³/mol. The molecule has 2 aliphatic rings. The number of nitro benzene ring substituents is 1. The summed E-state index contributed by atoms with van der Waals surface area (Å²) in [6.07, 6.45) is 8.26. The van der Waals surface area contributed by atoms with Crippen molar-refractivity contribution in [2.24, 2.45) is 10.8 Å². The molecule has 0 radical (unpaired) electrons.